The van der Waals surface area contributed by atoms with Gasteiger partial charge < -0.3 is 25.7 Å². The van der Waals surface area contributed by atoms with Crippen molar-refractivity contribution in [2.45, 2.75) is 116 Å². The lowest BCUT2D eigenvalue weighted by Gasteiger charge is -2.32. The molecule has 5 aliphatic carbocycles. The number of allylic oxidation sites excluding steroid dienone is 10. The molecule has 6 rings (SSSR count). The van der Waals surface area contributed by atoms with Crippen molar-refractivity contribution in [2.75, 3.05) is 13.1 Å². The van der Waals surface area contributed by atoms with Crippen LogP contribution in [0.3, 0.4) is 0 Å². The molecule has 1 aliphatic heterocycles. The largest absolute Gasteiger partial charge is 0.513 e. The summed E-state index contributed by atoms with van der Waals surface area (Å²) >= 11 is 0. The monoisotopic (exact) mass is 825 g/mol. The Kier molecular flexibility index (Phi) is 14.1. The minimum Gasteiger partial charge on any atom is -0.513 e. The average molecular weight is 826 g/mol. The van der Waals surface area contributed by atoms with Gasteiger partial charge >= 0.3 is 12.1 Å². The van der Waals surface area contributed by atoms with Gasteiger partial charge in [0.1, 0.15) is 24.5 Å². The molecule has 0 aromatic heterocycles. The Labute approximate surface area is 343 Å². The first-order chi connectivity index (χ1) is 27.9. The van der Waals surface area contributed by atoms with Crippen LogP contribution in [0.2, 0.25) is 0 Å². The summed E-state index contributed by atoms with van der Waals surface area (Å²) in [5.41, 5.74) is 4.39. The van der Waals surface area contributed by atoms with E-state index in [1.54, 1.807) is 0 Å². The molecular formula is C44H58F3N5O7. The molecule has 0 saturated carbocycles. The Morgan fingerprint density at radius 3 is 2.19 bits per heavy atom. The molecule has 3 amide bonds. The van der Waals surface area contributed by atoms with E-state index in [1.807, 2.05) is 12.2 Å². The Hall–Kier alpha value is -4.47. The normalized spacial score (nSPS) is 30.0. The van der Waals surface area contributed by atoms with E-state index in [9.17, 15) is 42.6 Å². The number of amides is 3. The molecule has 1 heterocycles. The van der Waals surface area contributed by atoms with Crippen LogP contribution >= 0.6 is 0 Å². The Morgan fingerprint density at radius 1 is 0.864 bits per heavy atom. The second kappa shape index (κ2) is 18.8. The van der Waals surface area contributed by atoms with Crippen molar-refractivity contribution in [1.82, 2.24) is 26.3 Å². The molecule has 12 nitrogen and oxygen atoms in total. The summed E-state index contributed by atoms with van der Waals surface area (Å²) < 4.78 is 40.8. The van der Waals surface area contributed by atoms with Crippen molar-refractivity contribution in [3.05, 3.63) is 82.9 Å². The molecule has 0 radical (unpaired) electrons. The summed E-state index contributed by atoms with van der Waals surface area (Å²) in [6.07, 6.45) is 18.3. The highest BCUT2D eigenvalue weighted by Gasteiger charge is 2.45. The Bertz CT molecular complexity index is 1850. The van der Waals surface area contributed by atoms with E-state index in [4.69, 9.17) is 4.84 Å². The van der Waals surface area contributed by atoms with Crippen LogP contribution in [0.25, 0.3) is 0 Å². The topological polar surface area (TPSA) is 169 Å². The predicted molar refractivity (Wildman–Crippen MR) is 214 cm³/mol. The van der Waals surface area contributed by atoms with Crippen LogP contribution in [0.15, 0.2) is 82.9 Å². The fraction of sp³-hybridized carbons (Fsp3) is 0.591. The smallest absolute Gasteiger partial charge is 0.395 e. The maximum Gasteiger partial charge on any atom is 0.395 e. The highest BCUT2D eigenvalue weighted by atomic mass is 19.4. The number of nitrogens with one attached hydrogen (secondary N) is 4. The predicted octanol–water partition coefficient (Wildman–Crippen LogP) is 6.54. The van der Waals surface area contributed by atoms with E-state index < -0.39 is 53.8 Å². The molecule has 1 fully saturated rings. The zero-order valence-corrected chi connectivity index (χ0v) is 34.0. The lowest BCUT2D eigenvalue weighted by molar-refractivity contribution is -0.178. The maximum atomic E-state index is 14.0. The van der Waals surface area contributed by atoms with E-state index in [0.717, 1.165) is 30.1 Å². The number of carboxylic acid groups (broad SMARTS) is 1. The van der Waals surface area contributed by atoms with E-state index in [-0.39, 0.29) is 62.7 Å². The number of aliphatic hydroxyl groups excluding tert-OH is 1. The minimum absolute atomic E-state index is 0.0260. The molecule has 0 bridgehead atoms. The van der Waals surface area contributed by atoms with Gasteiger partial charge in [0.2, 0.25) is 11.8 Å². The van der Waals surface area contributed by atoms with Crippen molar-refractivity contribution in [3.8, 4) is 0 Å². The van der Waals surface area contributed by atoms with E-state index in [0.29, 0.717) is 41.9 Å². The second-order valence-corrected chi connectivity index (χ2v) is 17.5. The van der Waals surface area contributed by atoms with E-state index in [2.05, 4.69) is 52.7 Å². The zero-order valence-electron chi connectivity index (χ0n) is 34.0. The number of carbonyl (C=O) groups is 4. The quantitative estimate of drug-likeness (QED) is 0.113. The number of hydrogen-bond donors (Lipinski definition) is 6. The standard InChI is InChI=1S/C44H58F3N5O7/c1-26-4-8-28(9-5-26)29-12-14-31(15-13-29)40-49-39(51-59-40)30-10-6-27(7-11-30)24-52(25-38(55)50-43(2,3)42(57)58)41(56)32-16-19-34(20-17-32)48-37(54)22-33-18-21-35(53)23-36(33)44(45,46)47/h4,6,8,10,12,14,16,19,23,26,28-29,31,33,36,39-40,49,51,53H,5,7,9,11,13,15,17-18,20-22,24-25H2,1-3H3,(H,48,54)(H,50,55)(H,57,58). The van der Waals surface area contributed by atoms with Gasteiger partial charge in [0.05, 0.1) is 11.7 Å². The molecule has 6 N–H and O–H groups in total. The van der Waals surface area contributed by atoms with Crippen LogP contribution in [0.1, 0.15) is 91.4 Å². The highest BCUT2D eigenvalue weighted by molar-refractivity contribution is 5.97. The molecule has 15 heteroatoms. The van der Waals surface area contributed by atoms with Gasteiger partial charge in [-0.25, -0.2) is 4.79 Å². The fourth-order valence-electron chi connectivity index (χ4n) is 8.83. The average Bonchev–Trinajstić information content (AvgIpc) is 3.69. The lowest BCUT2D eigenvalue weighted by atomic mass is 9.75. The lowest BCUT2D eigenvalue weighted by Crippen LogP contribution is -2.53. The SMILES string of the molecule is CC1C=CC(C2C=CC(C3NC(C4=CC=C(CN(CC(=O)NC(C)(C)C(=O)O)C(=O)C5=CC=C(NC(=O)CC6CCC(O)=CC6C(F)(F)F)CC5)CC4)NO3)CC2)CC1. The summed E-state index contributed by atoms with van der Waals surface area (Å²) in [5, 5.41) is 28.0. The third-order valence-corrected chi connectivity index (χ3v) is 12.5. The van der Waals surface area contributed by atoms with E-state index >= 15 is 0 Å². The van der Waals surface area contributed by atoms with Gasteiger partial charge in [-0.1, -0.05) is 55.0 Å². The first kappa shape index (κ1) is 44.1. The number of carbonyl (C=O) groups excluding carboxylic acids is 3. The summed E-state index contributed by atoms with van der Waals surface area (Å²) in [4.78, 5) is 59.0. The van der Waals surface area contributed by atoms with Crippen LogP contribution in [0.4, 0.5) is 13.2 Å². The minimum atomic E-state index is -4.59. The van der Waals surface area contributed by atoms with Crippen LogP contribution in [0.5, 0.6) is 0 Å². The number of rotatable bonds is 13. The van der Waals surface area contributed by atoms with Crippen molar-refractivity contribution < 1.29 is 47.4 Å². The van der Waals surface area contributed by atoms with Crippen molar-refractivity contribution >= 4 is 23.7 Å². The first-order valence-corrected chi connectivity index (χ1v) is 20.9. The van der Waals surface area contributed by atoms with Crippen LogP contribution in [-0.4, -0.2) is 76.0 Å². The van der Waals surface area contributed by atoms with Gasteiger partial charge in [0.25, 0.3) is 5.91 Å². The van der Waals surface area contributed by atoms with Gasteiger partial charge in [-0.2, -0.15) is 18.7 Å². The molecular weight excluding hydrogens is 768 g/mol. The number of carboxylic acids is 1. The molecule has 6 aliphatic rings. The molecule has 59 heavy (non-hydrogen) atoms. The number of nitrogens with zero attached hydrogens (tertiary/aromatic N) is 1. The number of alkyl halides is 3. The van der Waals surface area contributed by atoms with Gasteiger partial charge in [-0.3, -0.25) is 24.5 Å². The molecule has 0 spiro atoms. The third kappa shape index (κ3) is 11.6. The van der Waals surface area contributed by atoms with Crippen LogP contribution < -0.4 is 21.4 Å². The number of aliphatic hydroxyl groups is 1. The van der Waals surface area contributed by atoms with E-state index in [1.165, 1.54) is 43.7 Å². The van der Waals surface area contributed by atoms with Crippen molar-refractivity contribution in [2.24, 2.45) is 35.5 Å². The third-order valence-electron chi connectivity index (χ3n) is 12.5. The molecule has 1 saturated heterocycles. The van der Waals surface area contributed by atoms with Crippen molar-refractivity contribution in [1.29, 1.82) is 0 Å². The summed E-state index contributed by atoms with van der Waals surface area (Å²) in [6, 6.07) is 0. The summed E-state index contributed by atoms with van der Waals surface area (Å²) in [6.45, 7) is 4.70. The van der Waals surface area contributed by atoms with Crippen LogP contribution in [-0.2, 0) is 24.0 Å². The van der Waals surface area contributed by atoms with Crippen LogP contribution in [0, 0.1) is 35.5 Å². The molecule has 322 valence electrons. The number of hydroxylamine groups is 1. The summed E-state index contributed by atoms with van der Waals surface area (Å²) in [7, 11) is 0. The molecule has 0 aromatic carbocycles. The fourth-order valence-corrected chi connectivity index (χ4v) is 8.83. The number of hydrogen-bond acceptors (Lipinski definition) is 8. The Balaban J connectivity index is 1.07. The van der Waals surface area contributed by atoms with Gasteiger partial charge in [0, 0.05) is 36.6 Å². The first-order valence-electron chi connectivity index (χ1n) is 20.9. The Morgan fingerprint density at radius 2 is 1.58 bits per heavy atom. The molecule has 0 aromatic rings. The molecule has 8 unspecified atom stereocenters. The summed E-state index contributed by atoms with van der Waals surface area (Å²) in [5.74, 6) is -4.06. The van der Waals surface area contributed by atoms with Gasteiger partial charge in [-0.15, -0.1) is 0 Å². The number of halogens is 3. The van der Waals surface area contributed by atoms with Gasteiger partial charge in [0.15, 0.2) is 0 Å². The molecule has 8 atom stereocenters. The zero-order chi connectivity index (χ0) is 42.5. The number of aliphatic carboxylic acids is 1. The maximum absolute atomic E-state index is 14.0. The second-order valence-electron chi connectivity index (χ2n) is 17.5. The van der Waals surface area contributed by atoms with Crippen molar-refractivity contribution in [3.63, 3.8) is 0 Å². The highest BCUT2D eigenvalue weighted by Crippen LogP contribution is 2.41. The van der Waals surface area contributed by atoms with Gasteiger partial charge in [-0.05, 0) is 113 Å².